The number of ether oxygens (including phenoxy) is 1. The van der Waals surface area contributed by atoms with Crippen LogP contribution in [0.5, 0.6) is 5.75 Å². The zero-order chi connectivity index (χ0) is 11.6. The van der Waals surface area contributed by atoms with Crippen LogP contribution in [0.2, 0.25) is 0 Å². The van der Waals surface area contributed by atoms with E-state index < -0.39 is 10.0 Å². The molecule has 0 atom stereocenters. The number of methoxy groups -OCH3 is 1. The first-order chi connectivity index (χ1) is 7.66. The van der Waals surface area contributed by atoms with Crippen molar-refractivity contribution >= 4 is 21.4 Å². The minimum Gasteiger partial charge on any atom is -0.494 e. The molecule has 0 spiro atoms. The van der Waals surface area contributed by atoms with E-state index in [1.807, 2.05) is 0 Å². The number of hydrogen-bond donors (Lipinski definition) is 1. The summed E-state index contributed by atoms with van der Waals surface area (Å²) in [7, 11) is -1.89. The van der Waals surface area contributed by atoms with Crippen molar-refractivity contribution in [1.82, 2.24) is 9.62 Å². The van der Waals surface area contributed by atoms with Gasteiger partial charge in [-0.15, -0.1) is 11.3 Å². The SMILES string of the molecule is COc1ccsc1S(=O)(=O)N1CCNCC1. The maximum Gasteiger partial charge on any atom is 0.256 e. The number of sulfonamides is 1. The number of thiophene rings is 1. The molecule has 0 radical (unpaired) electrons. The van der Waals surface area contributed by atoms with Crippen molar-refractivity contribution in [3.05, 3.63) is 11.4 Å². The van der Waals surface area contributed by atoms with Gasteiger partial charge in [0.2, 0.25) is 0 Å². The Morgan fingerprint density at radius 2 is 2.12 bits per heavy atom. The molecular formula is C9H14N2O3S2. The zero-order valence-corrected chi connectivity index (χ0v) is 10.6. The summed E-state index contributed by atoms with van der Waals surface area (Å²) in [6, 6.07) is 1.68. The minimum absolute atomic E-state index is 0.303. The Kier molecular flexibility index (Phi) is 3.48. The van der Waals surface area contributed by atoms with Crippen LogP contribution in [0.3, 0.4) is 0 Å². The Hall–Kier alpha value is -0.630. The van der Waals surface area contributed by atoms with Gasteiger partial charge in [-0.1, -0.05) is 0 Å². The van der Waals surface area contributed by atoms with Crippen LogP contribution in [0.1, 0.15) is 0 Å². The quantitative estimate of drug-likeness (QED) is 0.854. The van der Waals surface area contributed by atoms with E-state index in [4.69, 9.17) is 4.74 Å². The summed E-state index contributed by atoms with van der Waals surface area (Å²) in [4.78, 5) is 0. The highest BCUT2D eigenvalue weighted by Gasteiger charge is 2.29. The highest BCUT2D eigenvalue weighted by molar-refractivity contribution is 7.91. The zero-order valence-electron chi connectivity index (χ0n) is 8.97. The molecule has 2 rings (SSSR count). The van der Waals surface area contributed by atoms with E-state index in [-0.39, 0.29) is 0 Å². The summed E-state index contributed by atoms with van der Waals surface area (Å²) >= 11 is 1.20. The van der Waals surface area contributed by atoms with Crippen molar-refractivity contribution in [2.24, 2.45) is 0 Å². The molecule has 0 amide bonds. The first-order valence-electron chi connectivity index (χ1n) is 4.98. The lowest BCUT2D eigenvalue weighted by Gasteiger charge is -2.26. The van der Waals surface area contributed by atoms with Gasteiger partial charge in [-0.2, -0.15) is 4.31 Å². The predicted molar refractivity (Wildman–Crippen MR) is 62.5 cm³/mol. The van der Waals surface area contributed by atoms with Gasteiger partial charge in [-0.05, 0) is 11.4 Å². The summed E-state index contributed by atoms with van der Waals surface area (Å²) in [6.45, 7) is 2.44. The van der Waals surface area contributed by atoms with Crippen molar-refractivity contribution in [3.8, 4) is 5.75 Å². The summed E-state index contributed by atoms with van der Waals surface area (Å²) in [5.74, 6) is 0.434. The number of piperazine rings is 1. The molecule has 0 unspecified atom stereocenters. The van der Waals surface area contributed by atoms with E-state index in [1.165, 1.54) is 22.8 Å². The number of nitrogens with one attached hydrogen (secondary N) is 1. The van der Waals surface area contributed by atoms with E-state index >= 15 is 0 Å². The Morgan fingerprint density at radius 3 is 2.75 bits per heavy atom. The molecule has 0 saturated carbocycles. The van der Waals surface area contributed by atoms with Crippen molar-refractivity contribution in [1.29, 1.82) is 0 Å². The van der Waals surface area contributed by atoms with Gasteiger partial charge in [0.1, 0.15) is 5.75 Å². The summed E-state index contributed by atoms with van der Waals surface area (Å²) < 4.78 is 31.4. The van der Waals surface area contributed by atoms with E-state index in [0.29, 0.717) is 36.1 Å². The molecule has 0 aliphatic carbocycles. The molecule has 0 bridgehead atoms. The van der Waals surface area contributed by atoms with Gasteiger partial charge in [0.25, 0.3) is 10.0 Å². The standard InChI is InChI=1S/C9H14N2O3S2/c1-14-8-2-7-15-9(8)16(12,13)11-5-3-10-4-6-11/h2,7,10H,3-6H2,1H3. The molecule has 1 aromatic rings. The Balaban J connectivity index is 2.30. The predicted octanol–water partition coefficient (Wildman–Crippen LogP) is 0.351. The van der Waals surface area contributed by atoms with Crippen LogP contribution >= 0.6 is 11.3 Å². The molecule has 1 fully saturated rings. The lowest BCUT2D eigenvalue weighted by Crippen LogP contribution is -2.46. The third-order valence-electron chi connectivity index (χ3n) is 2.47. The first kappa shape index (κ1) is 11.8. The molecule has 0 aromatic carbocycles. The van der Waals surface area contributed by atoms with E-state index in [2.05, 4.69) is 5.32 Å². The Labute approximate surface area is 99.1 Å². The average Bonchev–Trinajstić information content (AvgIpc) is 2.79. The van der Waals surface area contributed by atoms with Gasteiger partial charge in [-0.25, -0.2) is 8.42 Å². The molecule has 2 heterocycles. The van der Waals surface area contributed by atoms with Crippen LogP contribution in [0.25, 0.3) is 0 Å². The fourth-order valence-electron chi connectivity index (χ4n) is 1.62. The molecule has 16 heavy (non-hydrogen) atoms. The summed E-state index contributed by atoms with van der Waals surface area (Å²) in [5, 5.41) is 4.86. The van der Waals surface area contributed by atoms with Gasteiger partial charge in [0, 0.05) is 26.2 Å². The molecule has 1 aliphatic heterocycles. The molecule has 90 valence electrons. The van der Waals surface area contributed by atoms with Crippen LogP contribution in [-0.4, -0.2) is 46.0 Å². The number of hydrogen-bond acceptors (Lipinski definition) is 5. The van der Waals surface area contributed by atoms with E-state index in [9.17, 15) is 8.42 Å². The van der Waals surface area contributed by atoms with Crippen LogP contribution in [0.15, 0.2) is 15.7 Å². The topological polar surface area (TPSA) is 58.6 Å². The fraction of sp³-hybridized carbons (Fsp3) is 0.556. The van der Waals surface area contributed by atoms with Crippen LogP contribution in [0.4, 0.5) is 0 Å². The highest BCUT2D eigenvalue weighted by atomic mass is 32.2. The maximum atomic E-state index is 12.3. The van der Waals surface area contributed by atoms with Gasteiger partial charge < -0.3 is 10.1 Å². The fourth-order valence-corrected chi connectivity index (χ4v) is 4.48. The summed E-state index contributed by atoms with van der Waals surface area (Å²) in [5.41, 5.74) is 0. The van der Waals surface area contributed by atoms with Gasteiger partial charge in [0.15, 0.2) is 4.21 Å². The third kappa shape index (κ3) is 2.08. The summed E-state index contributed by atoms with van der Waals surface area (Å²) in [6.07, 6.45) is 0. The normalized spacial score (nSPS) is 18.6. The van der Waals surface area contributed by atoms with Crippen molar-refractivity contribution in [2.75, 3.05) is 33.3 Å². The second-order valence-electron chi connectivity index (χ2n) is 3.43. The van der Waals surface area contributed by atoms with Gasteiger partial charge in [-0.3, -0.25) is 0 Å². The lowest BCUT2D eigenvalue weighted by atomic mass is 10.4. The average molecular weight is 262 g/mol. The molecule has 7 heteroatoms. The Morgan fingerprint density at radius 1 is 1.44 bits per heavy atom. The molecule has 5 nitrogen and oxygen atoms in total. The molecule has 1 N–H and O–H groups in total. The van der Waals surface area contributed by atoms with Crippen LogP contribution in [0, 0.1) is 0 Å². The second kappa shape index (κ2) is 4.70. The van der Waals surface area contributed by atoms with E-state index in [0.717, 1.165) is 0 Å². The van der Waals surface area contributed by atoms with Gasteiger partial charge >= 0.3 is 0 Å². The minimum atomic E-state index is -3.37. The van der Waals surface area contributed by atoms with Crippen LogP contribution < -0.4 is 10.1 Å². The van der Waals surface area contributed by atoms with E-state index in [1.54, 1.807) is 11.4 Å². The van der Waals surface area contributed by atoms with Crippen molar-refractivity contribution in [2.45, 2.75) is 4.21 Å². The maximum absolute atomic E-state index is 12.3. The smallest absolute Gasteiger partial charge is 0.256 e. The first-order valence-corrected chi connectivity index (χ1v) is 7.30. The largest absolute Gasteiger partial charge is 0.494 e. The molecular weight excluding hydrogens is 248 g/mol. The highest BCUT2D eigenvalue weighted by Crippen LogP contribution is 2.31. The molecule has 1 saturated heterocycles. The number of nitrogens with zero attached hydrogens (tertiary/aromatic N) is 1. The van der Waals surface area contributed by atoms with Crippen molar-refractivity contribution < 1.29 is 13.2 Å². The lowest BCUT2D eigenvalue weighted by molar-refractivity contribution is 0.357. The monoisotopic (exact) mass is 262 g/mol. The third-order valence-corrected chi connectivity index (χ3v) is 5.79. The van der Waals surface area contributed by atoms with Crippen LogP contribution in [-0.2, 0) is 10.0 Å². The Bertz CT molecular complexity index is 449. The van der Waals surface area contributed by atoms with Gasteiger partial charge in [0.05, 0.1) is 7.11 Å². The molecule has 1 aliphatic rings. The molecule has 1 aromatic heterocycles. The van der Waals surface area contributed by atoms with Crippen molar-refractivity contribution in [3.63, 3.8) is 0 Å². The number of rotatable bonds is 3. The second-order valence-corrected chi connectivity index (χ2v) is 6.48.